The highest BCUT2D eigenvalue weighted by Gasteiger charge is 1.86. The number of carbonyl (C=O) groups is 1. The van der Waals surface area contributed by atoms with Crippen molar-refractivity contribution in [2.75, 3.05) is 0 Å². The molecule has 0 rings (SSSR count). The van der Waals surface area contributed by atoms with Crippen LogP contribution in [-0.4, -0.2) is 12.0 Å². The van der Waals surface area contributed by atoms with Gasteiger partial charge in [0, 0.05) is 7.05 Å². The van der Waals surface area contributed by atoms with E-state index in [2.05, 4.69) is 23.1 Å². The van der Waals surface area contributed by atoms with Crippen LogP contribution in [0.25, 0.3) is 0 Å². The molecule has 0 bridgehead atoms. The zero-order valence-electron chi connectivity index (χ0n) is 4.22. The van der Waals surface area contributed by atoms with Gasteiger partial charge in [-0.05, 0) is 0 Å². The molecule has 0 aromatic carbocycles. The van der Waals surface area contributed by atoms with Crippen LogP contribution >= 0.6 is 0 Å². The number of hydrogen-bond acceptors (Lipinski definition) is 1. The van der Waals surface area contributed by atoms with Crippen molar-refractivity contribution in [1.82, 2.24) is 5.32 Å². The van der Waals surface area contributed by atoms with Gasteiger partial charge in [-0.3, -0.25) is 0 Å². The van der Waals surface area contributed by atoms with Gasteiger partial charge < -0.3 is 16.8 Å². The SMILES string of the molecule is [CH2]N/C(N)=N\C(N)=O. The first-order valence-corrected chi connectivity index (χ1v) is 1.83. The van der Waals surface area contributed by atoms with Crippen molar-refractivity contribution in [1.29, 1.82) is 0 Å². The highest BCUT2D eigenvalue weighted by molar-refractivity contribution is 5.90. The van der Waals surface area contributed by atoms with Crippen LogP contribution in [0.3, 0.4) is 0 Å². The predicted molar refractivity (Wildman–Crippen MR) is 29.7 cm³/mol. The number of aliphatic imine (C=N–C) groups is 1. The Hall–Kier alpha value is -1.26. The molecule has 5 nitrogen and oxygen atoms in total. The molecule has 0 aliphatic heterocycles. The van der Waals surface area contributed by atoms with Gasteiger partial charge in [-0.25, -0.2) is 4.79 Å². The van der Waals surface area contributed by atoms with Crippen molar-refractivity contribution in [3.8, 4) is 0 Å². The Morgan fingerprint density at radius 3 is 2.25 bits per heavy atom. The number of primary amides is 1. The van der Waals surface area contributed by atoms with E-state index in [4.69, 9.17) is 5.73 Å². The minimum atomic E-state index is -0.835. The maximum absolute atomic E-state index is 9.86. The molecule has 0 unspecified atom stereocenters. The molecule has 0 aliphatic rings. The summed E-state index contributed by atoms with van der Waals surface area (Å²) in [5.41, 5.74) is 9.54. The Morgan fingerprint density at radius 1 is 1.62 bits per heavy atom. The fourth-order valence-electron chi connectivity index (χ4n) is 0.158. The molecule has 0 aromatic heterocycles. The molecule has 0 fully saturated rings. The molecule has 0 heterocycles. The molecular weight excluding hydrogens is 108 g/mol. The number of nitrogens with one attached hydrogen (secondary N) is 1. The smallest absolute Gasteiger partial charge is 0.341 e. The van der Waals surface area contributed by atoms with Gasteiger partial charge in [0.25, 0.3) is 0 Å². The van der Waals surface area contributed by atoms with E-state index < -0.39 is 6.03 Å². The maximum Gasteiger partial charge on any atom is 0.341 e. The van der Waals surface area contributed by atoms with Gasteiger partial charge in [0.2, 0.25) is 0 Å². The molecule has 0 aliphatic carbocycles. The standard InChI is InChI=1S/C3H7N4O/c1-6-2(4)7-3(5)8/h1H2,(H5,4,5,6,7,8). The first-order valence-electron chi connectivity index (χ1n) is 1.83. The summed E-state index contributed by atoms with van der Waals surface area (Å²) in [6.07, 6.45) is 0. The van der Waals surface area contributed by atoms with Gasteiger partial charge in [-0.2, -0.15) is 4.99 Å². The number of nitrogens with two attached hydrogens (primary N) is 2. The van der Waals surface area contributed by atoms with E-state index in [0.717, 1.165) is 0 Å². The molecular formula is C3H7N4O. The van der Waals surface area contributed by atoms with Gasteiger partial charge in [0.05, 0.1) is 0 Å². The van der Waals surface area contributed by atoms with Crippen molar-refractivity contribution >= 4 is 12.0 Å². The average Bonchev–Trinajstić information content (AvgIpc) is 1.65. The Bertz CT molecular complexity index is 118. The van der Waals surface area contributed by atoms with E-state index in [1.165, 1.54) is 0 Å². The van der Waals surface area contributed by atoms with E-state index in [9.17, 15) is 4.79 Å². The number of urea groups is 1. The lowest BCUT2D eigenvalue weighted by Gasteiger charge is -1.91. The summed E-state index contributed by atoms with van der Waals surface area (Å²) in [7, 11) is 3.13. The van der Waals surface area contributed by atoms with E-state index >= 15 is 0 Å². The summed E-state index contributed by atoms with van der Waals surface area (Å²) in [6.45, 7) is 0. The van der Waals surface area contributed by atoms with Crippen LogP contribution in [0.15, 0.2) is 4.99 Å². The largest absolute Gasteiger partial charge is 0.370 e. The summed E-state index contributed by atoms with van der Waals surface area (Å²) >= 11 is 0. The molecule has 5 N–H and O–H groups in total. The van der Waals surface area contributed by atoms with Crippen LogP contribution in [-0.2, 0) is 0 Å². The van der Waals surface area contributed by atoms with E-state index in [1.54, 1.807) is 0 Å². The maximum atomic E-state index is 9.86. The second kappa shape index (κ2) is 2.84. The second-order valence-corrected chi connectivity index (χ2v) is 1.01. The number of carbonyl (C=O) groups excluding carboxylic acids is 1. The number of rotatable bonds is 0. The van der Waals surface area contributed by atoms with Gasteiger partial charge >= 0.3 is 6.03 Å². The molecule has 0 spiro atoms. The van der Waals surface area contributed by atoms with E-state index in [0.29, 0.717) is 0 Å². The molecule has 0 atom stereocenters. The number of amides is 2. The Labute approximate surface area is 46.8 Å². The Kier molecular flexibility index (Phi) is 2.39. The molecule has 0 aromatic rings. The van der Waals surface area contributed by atoms with Crippen LogP contribution in [0.1, 0.15) is 0 Å². The van der Waals surface area contributed by atoms with Crippen LogP contribution < -0.4 is 16.8 Å². The summed E-state index contributed by atoms with van der Waals surface area (Å²) in [4.78, 5) is 12.9. The highest BCUT2D eigenvalue weighted by Crippen LogP contribution is 1.63. The molecule has 8 heavy (non-hydrogen) atoms. The Morgan fingerprint density at radius 2 is 2.12 bits per heavy atom. The minimum Gasteiger partial charge on any atom is -0.370 e. The average molecular weight is 115 g/mol. The lowest BCUT2D eigenvalue weighted by atomic mass is 10.9. The van der Waals surface area contributed by atoms with Crippen LogP contribution in [0.5, 0.6) is 0 Å². The topological polar surface area (TPSA) is 93.5 Å². The summed E-state index contributed by atoms with van der Waals surface area (Å²) < 4.78 is 0. The zero-order chi connectivity index (χ0) is 6.57. The molecule has 1 radical (unpaired) electrons. The zero-order valence-corrected chi connectivity index (χ0v) is 4.22. The van der Waals surface area contributed by atoms with Gasteiger partial charge in [0.15, 0.2) is 5.96 Å². The summed E-state index contributed by atoms with van der Waals surface area (Å²) in [6, 6.07) is -0.835. The van der Waals surface area contributed by atoms with E-state index in [1.807, 2.05) is 0 Å². The molecule has 0 saturated carbocycles. The summed E-state index contributed by atoms with van der Waals surface area (Å²) in [5, 5.41) is 2.17. The predicted octanol–water partition coefficient (Wildman–Crippen LogP) is -1.24. The van der Waals surface area contributed by atoms with Crippen LogP contribution in [0.4, 0.5) is 4.79 Å². The second-order valence-electron chi connectivity index (χ2n) is 1.01. The molecule has 5 heteroatoms. The Balaban J connectivity index is 3.75. The van der Waals surface area contributed by atoms with Gasteiger partial charge in [-0.1, -0.05) is 0 Å². The van der Waals surface area contributed by atoms with Crippen molar-refractivity contribution in [2.24, 2.45) is 16.5 Å². The fraction of sp³-hybridized carbons (Fsp3) is 0. The number of nitrogens with zero attached hydrogens (tertiary/aromatic N) is 1. The third-order valence-electron chi connectivity index (χ3n) is 0.412. The quantitative estimate of drug-likeness (QED) is 0.272. The third kappa shape index (κ3) is 2.95. The van der Waals surface area contributed by atoms with Crippen molar-refractivity contribution in [2.45, 2.75) is 0 Å². The van der Waals surface area contributed by atoms with Crippen molar-refractivity contribution in [3.05, 3.63) is 7.05 Å². The van der Waals surface area contributed by atoms with Crippen LogP contribution in [0.2, 0.25) is 0 Å². The van der Waals surface area contributed by atoms with Crippen molar-refractivity contribution < 1.29 is 4.79 Å². The lowest BCUT2D eigenvalue weighted by Crippen LogP contribution is -2.28. The lowest BCUT2D eigenvalue weighted by molar-refractivity contribution is 0.256. The minimum absolute atomic E-state index is 0.0856. The first-order chi connectivity index (χ1) is 3.66. The van der Waals surface area contributed by atoms with Crippen LogP contribution in [0, 0.1) is 7.05 Å². The molecule has 0 saturated heterocycles. The first kappa shape index (κ1) is 6.74. The normalized spacial score (nSPS) is 10.9. The van der Waals surface area contributed by atoms with Gasteiger partial charge in [-0.15, -0.1) is 0 Å². The van der Waals surface area contributed by atoms with E-state index in [-0.39, 0.29) is 5.96 Å². The fourth-order valence-corrected chi connectivity index (χ4v) is 0.158. The van der Waals surface area contributed by atoms with Crippen molar-refractivity contribution in [3.63, 3.8) is 0 Å². The highest BCUT2D eigenvalue weighted by atomic mass is 16.2. The number of guanidine groups is 1. The number of hydrogen-bond donors (Lipinski definition) is 3. The summed E-state index contributed by atoms with van der Waals surface area (Å²) in [5.74, 6) is -0.0856. The molecule has 2 amide bonds. The van der Waals surface area contributed by atoms with Gasteiger partial charge in [0.1, 0.15) is 0 Å². The third-order valence-corrected chi connectivity index (χ3v) is 0.412. The molecule has 45 valence electrons. The monoisotopic (exact) mass is 115 g/mol.